The fraction of sp³-hybridized carbons (Fsp3) is 0.250. The molecule has 0 amide bonds. The third-order valence-corrected chi connectivity index (χ3v) is 2.69. The third kappa shape index (κ3) is 1.74. The van der Waals surface area contributed by atoms with E-state index in [0.717, 1.165) is 22.2 Å². The summed E-state index contributed by atoms with van der Waals surface area (Å²) in [4.78, 5) is 14.5. The van der Waals surface area contributed by atoms with Gasteiger partial charge in [-0.2, -0.15) is 0 Å². The zero-order chi connectivity index (χ0) is 11.7. The maximum Gasteiger partial charge on any atom is 0.310 e. The van der Waals surface area contributed by atoms with Crippen molar-refractivity contribution in [2.24, 2.45) is 0 Å². The minimum absolute atomic E-state index is 0.244. The van der Waals surface area contributed by atoms with E-state index < -0.39 is 0 Å². The van der Waals surface area contributed by atoms with E-state index in [9.17, 15) is 4.79 Å². The highest BCUT2D eigenvalue weighted by molar-refractivity contribution is 5.90. The van der Waals surface area contributed by atoms with Gasteiger partial charge in [-0.3, -0.25) is 4.79 Å². The molecule has 0 aliphatic carbocycles. The van der Waals surface area contributed by atoms with Crippen LogP contribution in [0.4, 0.5) is 5.69 Å². The van der Waals surface area contributed by atoms with Gasteiger partial charge in [-0.15, -0.1) is 0 Å². The van der Waals surface area contributed by atoms with Crippen LogP contribution < -0.4 is 5.73 Å². The number of fused-ring (bicyclic) bond motifs is 1. The molecule has 2 aromatic rings. The molecule has 4 heteroatoms. The SMILES string of the molecule is COC(=O)Cc1c(C)[nH]c2ccc(N)cc12. The first-order valence-corrected chi connectivity index (χ1v) is 5.05. The number of ether oxygens (including phenoxy) is 1. The minimum atomic E-state index is -0.244. The number of nitrogens with two attached hydrogens (primary N) is 1. The average Bonchev–Trinajstić information content (AvgIpc) is 2.55. The number of esters is 1. The fourth-order valence-electron chi connectivity index (χ4n) is 1.84. The molecule has 1 aromatic heterocycles. The molecule has 0 saturated carbocycles. The summed E-state index contributed by atoms with van der Waals surface area (Å²) in [5, 5.41) is 0.989. The van der Waals surface area contributed by atoms with Gasteiger partial charge < -0.3 is 15.5 Å². The molecule has 0 saturated heterocycles. The highest BCUT2D eigenvalue weighted by Gasteiger charge is 2.12. The molecule has 0 atom stereocenters. The minimum Gasteiger partial charge on any atom is -0.469 e. The summed E-state index contributed by atoms with van der Waals surface area (Å²) in [6, 6.07) is 5.62. The van der Waals surface area contributed by atoms with Gasteiger partial charge in [0.25, 0.3) is 0 Å². The number of hydrogen-bond donors (Lipinski definition) is 2. The number of nitrogen functional groups attached to an aromatic ring is 1. The average molecular weight is 218 g/mol. The number of anilines is 1. The van der Waals surface area contributed by atoms with Gasteiger partial charge >= 0.3 is 5.97 Å². The maximum atomic E-state index is 11.3. The normalized spacial score (nSPS) is 10.6. The van der Waals surface area contributed by atoms with Gasteiger partial charge in [0.05, 0.1) is 13.5 Å². The molecule has 0 aliphatic heterocycles. The summed E-state index contributed by atoms with van der Waals surface area (Å²) in [5.41, 5.74) is 9.35. The molecule has 16 heavy (non-hydrogen) atoms. The van der Waals surface area contributed by atoms with Gasteiger partial charge in [-0.05, 0) is 30.7 Å². The predicted octanol–water partition coefficient (Wildman–Crippen LogP) is 1.77. The van der Waals surface area contributed by atoms with Gasteiger partial charge in [-0.1, -0.05) is 0 Å². The van der Waals surface area contributed by atoms with Gasteiger partial charge in [0.1, 0.15) is 0 Å². The number of aromatic amines is 1. The molecule has 1 heterocycles. The zero-order valence-corrected chi connectivity index (χ0v) is 9.33. The van der Waals surface area contributed by atoms with Crippen LogP contribution >= 0.6 is 0 Å². The van der Waals surface area contributed by atoms with Crippen molar-refractivity contribution in [2.45, 2.75) is 13.3 Å². The number of rotatable bonds is 2. The van der Waals surface area contributed by atoms with E-state index >= 15 is 0 Å². The van der Waals surface area contributed by atoms with Crippen molar-refractivity contribution in [2.75, 3.05) is 12.8 Å². The molecule has 0 spiro atoms. The number of benzene rings is 1. The van der Waals surface area contributed by atoms with Crippen LogP contribution in [0.3, 0.4) is 0 Å². The molecule has 0 unspecified atom stereocenters. The lowest BCUT2D eigenvalue weighted by atomic mass is 10.1. The zero-order valence-electron chi connectivity index (χ0n) is 9.33. The standard InChI is InChI=1S/C12H14N2O2/c1-7-9(6-12(15)16-2)10-5-8(13)3-4-11(10)14-7/h3-5,14H,6,13H2,1-2H3. The largest absolute Gasteiger partial charge is 0.469 e. The molecular formula is C12H14N2O2. The first-order chi connectivity index (χ1) is 7.61. The molecule has 84 valence electrons. The molecule has 0 fully saturated rings. The van der Waals surface area contributed by atoms with Gasteiger partial charge in [0.2, 0.25) is 0 Å². The smallest absolute Gasteiger partial charge is 0.310 e. The van der Waals surface area contributed by atoms with Crippen LogP contribution in [0, 0.1) is 6.92 Å². The first-order valence-electron chi connectivity index (χ1n) is 5.05. The van der Waals surface area contributed by atoms with E-state index in [1.54, 1.807) is 0 Å². The topological polar surface area (TPSA) is 68.1 Å². The summed E-state index contributed by atoms with van der Waals surface area (Å²) in [6.07, 6.45) is 0.270. The number of carbonyl (C=O) groups is 1. The Morgan fingerprint density at radius 2 is 2.25 bits per heavy atom. The van der Waals surface area contributed by atoms with Crippen molar-refractivity contribution in [1.29, 1.82) is 0 Å². The van der Waals surface area contributed by atoms with Crippen LogP contribution in [-0.4, -0.2) is 18.1 Å². The van der Waals surface area contributed by atoms with E-state index in [4.69, 9.17) is 5.73 Å². The van der Waals surface area contributed by atoms with Crippen molar-refractivity contribution >= 4 is 22.6 Å². The van der Waals surface area contributed by atoms with Crippen molar-refractivity contribution in [3.8, 4) is 0 Å². The summed E-state index contributed by atoms with van der Waals surface area (Å²) in [7, 11) is 1.39. The summed E-state index contributed by atoms with van der Waals surface area (Å²) in [6.45, 7) is 1.94. The van der Waals surface area contributed by atoms with Crippen LogP contribution in [0.15, 0.2) is 18.2 Å². The second kappa shape index (κ2) is 3.89. The Labute approximate surface area is 93.4 Å². The van der Waals surface area contributed by atoms with E-state index in [2.05, 4.69) is 9.72 Å². The lowest BCUT2D eigenvalue weighted by Crippen LogP contribution is -2.05. The van der Waals surface area contributed by atoms with E-state index in [0.29, 0.717) is 5.69 Å². The molecule has 0 aliphatic rings. The quantitative estimate of drug-likeness (QED) is 0.596. The predicted molar refractivity (Wildman–Crippen MR) is 63.2 cm³/mol. The highest BCUT2D eigenvalue weighted by atomic mass is 16.5. The van der Waals surface area contributed by atoms with Crippen molar-refractivity contribution in [3.63, 3.8) is 0 Å². The van der Waals surface area contributed by atoms with Crippen molar-refractivity contribution in [1.82, 2.24) is 4.98 Å². The van der Waals surface area contributed by atoms with Crippen molar-refractivity contribution in [3.05, 3.63) is 29.5 Å². The Kier molecular flexibility index (Phi) is 2.56. The number of carbonyl (C=O) groups excluding carboxylic acids is 1. The number of H-pyrrole nitrogens is 1. The van der Waals surface area contributed by atoms with Crippen LogP contribution in [0.25, 0.3) is 10.9 Å². The lowest BCUT2D eigenvalue weighted by Gasteiger charge is -2.00. The Morgan fingerprint density at radius 1 is 1.50 bits per heavy atom. The van der Waals surface area contributed by atoms with E-state index in [-0.39, 0.29) is 12.4 Å². The number of hydrogen-bond acceptors (Lipinski definition) is 3. The second-order valence-corrected chi connectivity index (χ2v) is 3.79. The highest BCUT2D eigenvalue weighted by Crippen LogP contribution is 2.24. The molecule has 2 rings (SSSR count). The summed E-state index contributed by atoms with van der Waals surface area (Å²) >= 11 is 0. The van der Waals surface area contributed by atoms with Crippen LogP contribution in [0.1, 0.15) is 11.3 Å². The molecule has 4 nitrogen and oxygen atoms in total. The van der Waals surface area contributed by atoms with Gasteiger partial charge in [0.15, 0.2) is 0 Å². The van der Waals surface area contributed by atoms with Crippen LogP contribution in [0.5, 0.6) is 0 Å². The molecule has 1 aromatic carbocycles. The van der Waals surface area contributed by atoms with E-state index in [1.807, 2.05) is 25.1 Å². The van der Waals surface area contributed by atoms with Gasteiger partial charge in [0, 0.05) is 22.3 Å². The molecule has 0 radical (unpaired) electrons. The molecular weight excluding hydrogens is 204 g/mol. The van der Waals surface area contributed by atoms with Crippen LogP contribution in [-0.2, 0) is 16.0 Å². The summed E-state index contributed by atoms with van der Waals surface area (Å²) < 4.78 is 4.67. The summed E-state index contributed by atoms with van der Waals surface area (Å²) in [5.74, 6) is -0.244. The Morgan fingerprint density at radius 3 is 2.94 bits per heavy atom. The lowest BCUT2D eigenvalue weighted by molar-refractivity contribution is -0.139. The van der Waals surface area contributed by atoms with E-state index in [1.165, 1.54) is 7.11 Å². The van der Waals surface area contributed by atoms with Crippen LogP contribution in [0.2, 0.25) is 0 Å². The molecule has 3 N–H and O–H groups in total. The number of aryl methyl sites for hydroxylation is 1. The number of aromatic nitrogens is 1. The Hall–Kier alpha value is -1.97. The molecule has 0 bridgehead atoms. The van der Waals surface area contributed by atoms with Crippen molar-refractivity contribution < 1.29 is 9.53 Å². The Balaban J connectivity index is 2.54. The monoisotopic (exact) mass is 218 g/mol. The fourth-order valence-corrected chi connectivity index (χ4v) is 1.84. The number of nitrogens with one attached hydrogen (secondary N) is 1. The Bertz CT molecular complexity index is 543. The van der Waals surface area contributed by atoms with Gasteiger partial charge in [-0.25, -0.2) is 0 Å². The first kappa shape index (κ1) is 10.5. The maximum absolute atomic E-state index is 11.3. The number of methoxy groups -OCH3 is 1. The third-order valence-electron chi connectivity index (χ3n) is 2.69. The second-order valence-electron chi connectivity index (χ2n) is 3.79.